The van der Waals surface area contributed by atoms with Crippen molar-refractivity contribution in [3.8, 4) is 0 Å². The highest BCUT2D eigenvalue weighted by molar-refractivity contribution is 9.10. The minimum Gasteiger partial charge on any atom is -0.399 e. The van der Waals surface area contributed by atoms with Crippen LogP contribution in [0.3, 0.4) is 0 Å². The Morgan fingerprint density at radius 1 is 1.29 bits per heavy atom. The first kappa shape index (κ1) is 12.8. The molecule has 0 radical (unpaired) electrons. The number of ketones is 1. The van der Waals surface area contributed by atoms with Gasteiger partial charge >= 0.3 is 0 Å². The summed E-state index contributed by atoms with van der Waals surface area (Å²) in [5.41, 5.74) is 6.92. The average Bonchev–Trinajstić information content (AvgIpc) is 2.67. The fourth-order valence-corrected chi connectivity index (χ4v) is 3.37. The zero-order valence-corrected chi connectivity index (χ0v) is 12.7. The van der Waals surface area contributed by atoms with E-state index in [0.29, 0.717) is 17.7 Å². The van der Waals surface area contributed by atoms with Crippen molar-refractivity contribution in [3.63, 3.8) is 0 Å². The third-order valence-corrected chi connectivity index (χ3v) is 4.64. The van der Waals surface area contributed by atoms with Gasteiger partial charge in [0.1, 0.15) is 0 Å². The maximum Gasteiger partial charge on any atom is 0.169 e. The zero-order chi connectivity index (χ0) is 12.4. The molecule has 2 N–H and O–H groups in total. The summed E-state index contributed by atoms with van der Waals surface area (Å²) in [7, 11) is 0. The van der Waals surface area contributed by atoms with Gasteiger partial charge in [-0.3, -0.25) is 4.79 Å². The van der Waals surface area contributed by atoms with Gasteiger partial charge in [-0.2, -0.15) is 0 Å². The van der Waals surface area contributed by atoms with Gasteiger partial charge in [-0.1, -0.05) is 15.9 Å². The maximum absolute atomic E-state index is 12.1. The Kier molecular flexibility index (Phi) is 4.01. The fraction of sp³-hybridized carbons (Fsp3) is 0.0833. The van der Waals surface area contributed by atoms with Crippen molar-refractivity contribution in [3.05, 3.63) is 49.0 Å². The molecule has 0 bridgehead atoms. The molecular formula is C12H9Br2NOS. The molecule has 0 aliphatic carbocycles. The lowest BCUT2D eigenvalue weighted by molar-refractivity contribution is 0.0993. The third kappa shape index (κ3) is 3.18. The number of hydrogen-bond donors (Lipinski definition) is 1. The summed E-state index contributed by atoms with van der Waals surface area (Å²) in [6, 6.07) is 7.23. The second kappa shape index (κ2) is 5.33. The predicted octanol–water partition coefficient (Wildman–Crippen LogP) is 4.28. The van der Waals surface area contributed by atoms with Crippen molar-refractivity contribution in [1.82, 2.24) is 0 Å². The molecule has 2 aromatic rings. The molecule has 0 saturated carbocycles. The number of thiophene rings is 1. The predicted molar refractivity (Wildman–Crippen MR) is 78.6 cm³/mol. The number of rotatable bonds is 3. The van der Waals surface area contributed by atoms with E-state index >= 15 is 0 Å². The molecule has 0 unspecified atom stereocenters. The molecule has 1 heterocycles. The summed E-state index contributed by atoms with van der Waals surface area (Å²) in [4.78, 5) is 13.1. The maximum atomic E-state index is 12.1. The van der Waals surface area contributed by atoms with Crippen LogP contribution in [0, 0.1) is 0 Å². The number of benzene rings is 1. The Bertz CT molecular complexity index is 565. The van der Waals surface area contributed by atoms with Gasteiger partial charge in [0.25, 0.3) is 0 Å². The summed E-state index contributed by atoms with van der Waals surface area (Å²) in [5.74, 6) is 0.0681. The molecule has 5 heteroatoms. The highest BCUT2D eigenvalue weighted by Gasteiger charge is 2.12. The minimum atomic E-state index is 0.0681. The van der Waals surface area contributed by atoms with Crippen molar-refractivity contribution in [2.75, 3.05) is 5.73 Å². The lowest BCUT2D eigenvalue weighted by Gasteiger charge is -2.03. The van der Waals surface area contributed by atoms with Gasteiger partial charge in [-0.15, -0.1) is 11.3 Å². The van der Waals surface area contributed by atoms with Crippen molar-refractivity contribution >= 4 is 54.7 Å². The topological polar surface area (TPSA) is 43.1 Å². The molecule has 2 nitrogen and oxygen atoms in total. The van der Waals surface area contributed by atoms with Gasteiger partial charge in [0.2, 0.25) is 0 Å². The number of Topliss-reactive ketones (excluding diaryl/α,β-unsaturated/α-hetero) is 1. The van der Waals surface area contributed by atoms with E-state index in [1.807, 2.05) is 11.4 Å². The van der Waals surface area contributed by atoms with Crippen LogP contribution in [0.25, 0.3) is 0 Å². The van der Waals surface area contributed by atoms with Crippen LogP contribution in [0.1, 0.15) is 15.2 Å². The fourth-order valence-electron chi connectivity index (χ4n) is 1.46. The van der Waals surface area contributed by atoms with Gasteiger partial charge in [-0.05, 0) is 40.2 Å². The van der Waals surface area contributed by atoms with E-state index in [4.69, 9.17) is 5.73 Å². The van der Waals surface area contributed by atoms with Gasteiger partial charge in [-0.25, -0.2) is 0 Å². The molecule has 0 aliphatic heterocycles. The molecule has 0 saturated heterocycles. The largest absolute Gasteiger partial charge is 0.399 e. The second-order valence-electron chi connectivity index (χ2n) is 3.57. The number of halogens is 2. The first-order chi connectivity index (χ1) is 8.06. The number of nitrogens with two attached hydrogens (primary N) is 1. The molecule has 0 spiro atoms. The van der Waals surface area contributed by atoms with Crippen LogP contribution in [0.15, 0.2) is 38.6 Å². The Morgan fingerprint density at radius 2 is 2.06 bits per heavy atom. The van der Waals surface area contributed by atoms with Crippen molar-refractivity contribution < 1.29 is 4.79 Å². The molecule has 0 amide bonds. The van der Waals surface area contributed by atoms with Gasteiger partial charge in [0.05, 0.1) is 0 Å². The summed E-state index contributed by atoms with van der Waals surface area (Å²) < 4.78 is 1.80. The lowest BCUT2D eigenvalue weighted by atomic mass is 10.1. The summed E-state index contributed by atoms with van der Waals surface area (Å²) in [6.45, 7) is 0. The molecule has 0 fully saturated rings. The normalized spacial score (nSPS) is 10.5. The monoisotopic (exact) mass is 373 g/mol. The van der Waals surface area contributed by atoms with E-state index in [2.05, 4.69) is 31.9 Å². The number of carbonyl (C=O) groups excluding carboxylic acids is 1. The number of anilines is 1. The number of carbonyl (C=O) groups is 1. The first-order valence-corrected chi connectivity index (χ1v) is 7.34. The summed E-state index contributed by atoms with van der Waals surface area (Å²) >= 11 is 8.31. The highest BCUT2D eigenvalue weighted by Crippen LogP contribution is 2.24. The number of hydrogen-bond acceptors (Lipinski definition) is 3. The average molecular weight is 375 g/mol. The standard InChI is InChI=1S/C12H9Br2NOS/c13-7-3-9(17-6-7)5-12(16)10-4-8(15)1-2-11(10)14/h1-4,6H,5,15H2. The Labute approximate surface area is 120 Å². The van der Waals surface area contributed by atoms with Crippen LogP contribution < -0.4 is 5.73 Å². The van der Waals surface area contributed by atoms with Crippen LogP contribution in [0.4, 0.5) is 5.69 Å². The lowest BCUT2D eigenvalue weighted by Crippen LogP contribution is -2.04. The van der Waals surface area contributed by atoms with Gasteiger partial charge in [0.15, 0.2) is 5.78 Å². The zero-order valence-electron chi connectivity index (χ0n) is 8.74. The Morgan fingerprint density at radius 3 is 2.71 bits per heavy atom. The van der Waals surface area contributed by atoms with Crippen molar-refractivity contribution in [2.24, 2.45) is 0 Å². The minimum absolute atomic E-state index is 0.0681. The molecular weight excluding hydrogens is 366 g/mol. The molecule has 2 rings (SSSR count). The Balaban J connectivity index is 2.22. The van der Waals surface area contributed by atoms with Crippen LogP contribution in [-0.4, -0.2) is 5.78 Å². The molecule has 0 atom stereocenters. The SMILES string of the molecule is Nc1ccc(Br)c(C(=O)Cc2cc(Br)cs2)c1. The van der Waals surface area contributed by atoms with Crippen LogP contribution >= 0.6 is 43.2 Å². The van der Waals surface area contributed by atoms with E-state index in [-0.39, 0.29) is 5.78 Å². The first-order valence-electron chi connectivity index (χ1n) is 4.87. The van der Waals surface area contributed by atoms with Gasteiger partial charge < -0.3 is 5.73 Å². The highest BCUT2D eigenvalue weighted by atomic mass is 79.9. The van der Waals surface area contributed by atoms with Gasteiger partial charge in [0, 0.05) is 36.9 Å². The molecule has 1 aromatic heterocycles. The third-order valence-electron chi connectivity index (χ3n) is 2.25. The van der Waals surface area contributed by atoms with Crippen molar-refractivity contribution in [2.45, 2.75) is 6.42 Å². The number of nitrogen functional groups attached to an aromatic ring is 1. The smallest absolute Gasteiger partial charge is 0.169 e. The second-order valence-corrected chi connectivity index (χ2v) is 6.34. The van der Waals surface area contributed by atoms with Crippen molar-refractivity contribution in [1.29, 1.82) is 0 Å². The van der Waals surface area contributed by atoms with E-state index in [1.165, 1.54) is 0 Å². The summed E-state index contributed by atoms with van der Waals surface area (Å²) in [5, 5.41) is 1.97. The van der Waals surface area contributed by atoms with Crippen LogP contribution in [-0.2, 0) is 6.42 Å². The summed E-state index contributed by atoms with van der Waals surface area (Å²) in [6.07, 6.45) is 0.401. The quantitative estimate of drug-likeness (QED) is 0.643. The Hall–Kier alpha value is -0.650. The van der Waals surface area contributed by atoms with Crippen LogP contribution in [0.2, 0.25) is 0 Å². The molecule has 0 aliphatic rings. The molecule has 1 aromatic carbocycles. The van der Waals surface area contributed by atoms with E-state index < -0.39 is 0 Å². The molecule has 88 valence electrons. The van der Waals surface area contributed by atoms with Crippen LogP contribution in [0.5, 0.6) is 0 Å². The van der Waals surface area contributed by atoms with E-state index in [1.54, 1.807) is 29.5 Å². The molecule has 17 heavy (non-hydrogen) atoms. The van der Waals surface area contributed by atoms with E-state index in [0.717, 1.165) is 13.8 Å². The van der Waals surface area contributed by atoms with E-state index in [9.17, 15) is 4.79 Å².